The van der Waals surface area contributed by atoms with E-state index in [9.17, 15) is 9.59 Å². The number of allylic oxidation sites excluding steroid dienone is 2. The van der Waals surface area contributed by atoms with Crippen LogP contribution in [0.5, 0.6) is 0 Å². The maximum Gasteiger partial charge on any atom is 0.326 e. The number of ether oxygens (including phenoxy) is 1. The zero-order chi connectivity index (χ0) is 23.3. The lowest BCUT2D eigenvalue weighted by Gasteiger charge is -2.17. The normalized spacial score (nSPS) is 13.4. The molecular weight excluding hydrogens is 404 g/mol. The van der Waals surface area contributed by atoms with E-state index in [1.54, 1.807) is 13.8 Å². The third kappa shape index (κ3) is 5.43. The van der Waals surface area contributed by atoms with Crippen LogP contribution in [0.3, 0.4) is 0 Å². The van der Waals surface area contributed by atoms with Crippen molar-refractivity contribution in [2.45, 2.75) is 40.3 Å². The standard InChI is InChI=1S/C25H28N4O3/c1-16-14-20-10-8-9-13-22(20)29(16)15-23(30)32-19(4)25(31)28-24(17(2)26)18(3)27-21-11-6-5-7-12-21/h5-14,19H,15,26H2,1-4H3,(H,28,31)/t19-/m0/s1. The molecule has 2 aromatic carbocycles. The van der Waals surface area contributed by atoms with Gasteiger partial charge in [0, 0.05) is 16.9 Å². The number of aliphatic imine (C=N–C) groups is 1. The molecule has 3 N–H and O–H groups in total. The van der Waals surface area contributed by atoms with Gasteiger partial charge in [0.2, 0.25) is 0 Å². The van der Waals surface area contributed by atoms with Gasteiger partial charge in [-0.15, -0.1) is 0 Å². The third-order valence-corrected chi connectivity index (χ3v) is 5.04. The van der Waals surface area contributed by atoms with E-state index in [1.807, 2.05) is 72.2 Å². The number of aryl methyl sites for hydroxylation is 1. The maximum atomic E-state index is 12.7. The average molecular weight is 433 g/mol. The molecule has 166 valence electrons. The highest BCUT2D eigenvalue weighted by molar-refractivity contribution is 6.03. The number of nitrogens with zero attached hydrogens (tertiary/aromatic N) is 2. The van der Waals surface area contributed by atoms with Crippen LogP contribution in [0.15, 0.2) is 77.1 Å². The van der Waals surface area contributed by atoms with Gasteiger partial charge in [-0.1, -0.05) is 36.4 Å². The summed E-state index contributed by atoms with van der Waals surface area (Å²) >= 11 is 0. The van der Waals surface area contributed by atoms with E-state index in [1.165, 1.54) is 6.92 Å². The molecule has 0 fully saturated rings. The van der Waals surface area contributed by atoms with Crippen molar-refractivity contribution in [3.05, 3.63) is 77.8 Å². The van der Waals surface area contributed by atoms with Crippen molar-refractivity contribution < 1.29 is 14.3 Å². The number of aromatic nitrogens is 1. The topological polar surface area (TPSA) is 98.7 Å². The van der Waals surface area contributed by atoms with Crippen molar-refractivity contribution in [1.29, 1.82) is 0 Å². The first-order valence-electron chi connectivity index (χ1n) is 10.4. The molecule has 1 aromatic heterocycles. The summed E-state index contributed by atoms with van der Waals surface area (Å²) in [7, 11) is 0. The molecule has 1 heterocycles. The van der Waals surface area contributed by atoms with Crippen molar-refractivity contribution in [3.63, 3.8) is 0 Å². The number of rotatable bonds is 7. The van der Waals surface area contributed by atoms with Gasteiger partial charge in [0.05, 0.1) is 17.1 Å². The molecule has 0 aliphatic carbocycles. The Morgan fingerprint density at radius 1 is 1.09 bits per heavy atom. The number of benzene rings is 2. The Kier molecular flexibility index (Phi) is 7.10. The van der Waals surface area contributed by atoms with Gasteiger partial charge < -0.3 is 20.4 Å². The van der Waals surface area contributed by atoms with Gasteiger partial charge in [0.15, 0.2) is 6.10 Å². The summed E-state index contributed by atoms with van der Waals surface area (Å²) in [5, 5.41) is 3.79. The predicted octanol–water partition coefficient (Wildman–Crippen LogP) is 3.98. The summed E-state index contributed by atoms with van der Waals surface area (Å²) in [5.41, 5.74) is 9.95. The molecule has 3 rings (SSSR count). The summed E-state index contributed by atoms with van der Waals surface area (Å²) in [6.45, 7) is 6.91. The number of para-hydroxylation sites is 2. The minimum Gasteiger partial charge on any atom is -0.451 e. The first kappa shape index (κ1) is 22.8. The lowest BCUT2D eigenvalue weighted by Crippen LogP contribution is -2.38. The van der Waals surface area contributed by atoms with E-state index in [-0.39, 0.29) is 6.54 Å². The Morgan fingerprint density at radius 2 is 1.75 bits per heavy atom. The number of carbonyl (C=O) groups excluding carboxylic acids is 2. The molecule has 1 atom stereocenters. The molecule has 32 heavy (non-hydrogen) atoms. The Balaban J connectivity index is 1.66. The molecule has 0 aliphatic heterocycles. The maximum absolute atomic E-state index is 12.7. The highest BCUT2D eigenvalue weighted by Gasteiger charge is 2.21. The lowest BCUT2D eigenvalue weighted by atomic mass is 10.2. The monoisotopic (exact) mass is 432 g/mol. The van der Waals surface area contributed by atoms with Crippen LogP contribution in [-0.4, -0.2) is 28.3 Å². The number of esters is 1. The zero-order valence-corrected chi connectivity index (χ0v) is 18.8. The van der Waals surface area contributed by atoms with E-state index in [4.69, 9.17) is 10.5 Å². The van der Waals surface area contributed by atoms with E-state index < -0.39 is 18.0 Å². The van der Waals surface area contributed by atoms with Crippen molar-refractivity contribution in [1.82, 2.24) is 9.88 Å². The van der Waals surface area contributed by atoms with Gasteiger partial charge in [-0.05, 0) is 57.3 Å². The highest BCUT2D eigenvalue weighted by Crippen LogP contribution is 2.19. The van der Waals surface area contributed by atoms with Crippen LogP contribution in [-0.2, 0) is 20.9 Å². The van der Waals surface area contributed by atoms with E-state index in [0.717, 1.165) is 22.3 Å². The van der Waals surface area contributed by atoms with Crippen molar-refractivity contribution in [2.75, 3.05) is 0 Å². The fraction of sp³-hybridized carbons (Fsp3) is 0.240. The van der Waals surface area contributed by atoms with Gasteiger partial charge in [-0.25, -0.2) is 0 Å². The number of nitrogens with two attached hydrogens (primary N) is 1. The van der Waals surface area contributed by atoms with E-state index >= 15 is 0 Å². The molecular formula is C25H28N4O3. The van der Waals surface area contributed by atoms with E-state index in [2.05, 4.69) is 10.3 Å². The average Bonchev–Trinajstić information content (AvgIpc) is 3.07. The number of fused-ring (bicyclic) bond motifs is 1. The Morgan fingerprint density at radius 3 is 2.44 bits per heavy atom. The summed E-state index contributed by atoms with van der Waals surface area (Å²) in [4.78, 5) is 29.7. The fourth-order valence-electron chi connectivity index (χ4n) is 3.43. The van der Waals surface area contributed by atoms with Crippen LogP contribution in [0.25, 0.3) is 10.9 Å². The third-order valence-electron chi connectivity index (χ3n) is 5.04. The Hall–Kier alpha value is -3.87. The Bertz CT molecular complexity index is 1190. The van der Waals surface area contributed by atoms with Crippen LogP contribution < -0.4 is 11.1 Å². The second-order valence-corrected chi connectivity index (χ2v) is 7.64. The van der Waals surface area contributed by atoms with Gasteiger partial charge in [0.25, 0.3) is 5.91 Å². The van der Waals surface area contributed by atoms with Gasteiger partial charge in [-0.3, -0.25) is 14.6 Å². The fourth-order valence-corrected chi connectivity index (χ4v) is 3.43. The van der Waals surface area contributed by atoms with Crippen LogP contribution >= 0.6 is 0 Å². The Labute approximate surface area is 187 Å². The minimum atomic E-state index is -0.997. The number of hydrogen-bond donors (Lipinski definition) is 2. The molecule has 7 heteroatoms. The van der Waals surface area contributed by atoms with Crippen LogP contribution in [0, 0.1) is 6.92 Å². The first-order valence-corrected chi connectivity index (χ1v) is 10.4. The molecule has 0 spiro atoms. The molecule has 0 bridgehead atoms. The number of amides is 1. The second-order valence-electron chi connectivity index (χ2n) is 7.64. The minimum absolute atomic E-state index is 0.0179. The number of carbonyl (C=O) groups is 2. The molecule has 0 unspecified atom stereocenters. The SMILES string of the molecule is CC(=Nc1ccccc1)C(NC(=O)[C@H](C)OC(=O)Cn1c(C)cc2ccccc21)=C(C)N. The lowest BCUT2D eigenvalue weighted by molar-refractivity contribution is -0.155. The molecule has 0 aliphatic rings. The highest BCUT2D eigenvalue weighted by atomic mass is 16.5. The van der Waals surface area contributed by atoms with Crippen LogP contribution in [0.2, 0.25) is 0 Å². The van der Waals surface area contributed by atoms with E-state index in [0.29, 0.717) is 17.1 Å². The molecule has 0 saturated carbocycles. The molecule has 0 radical (unpaired) electrons. The van der Waals surface area contributed by atoms with Crippen molar-refractivity contribution >= 4 is 34.2 Å². The molecule has 7 nitrogen and oxygen atoms in total. The molecule has 3 aromatic rings. The largest absolute Gasteiger partial charge is 0.451 e. The van der Waals surface area contributed by atoms with Crippen molar-refractivity contribution in [3.8, 4) is 0 Å². The van der Waals surface area contributed by atoms with Gasteiger partial charge >= 0.3 is 5.97 Å². The smallest absolute Gasteiger partial charge is 0.326 e. The van der Waals surface area contributed by atoms with Gasteiger partial charge in [0.1, 0.15) is 6.54 Å². The summed E-state index contributed by atoms with van der Waals surface area (Å²) in [5.74, 6) is -0.975. The quantitative estimate of drug-likeness (QED) is 0.436. The number of nitrogens with one attached hydrogen (secondary N) is 1. The first-order chi connectivity index (χ1) is 15.3. The van der Waals surface area contributed by atoms with Crippen LogP contribution in [0.1, 0.15) is 26.5 Å². The predicted molar refractivity (Wildman–Crippen MR) is 126 cm³/mol. The summed E-state index contributed by atoms with van der Waals surface area (Å²) in [6.07, 6.45) is -0.997. The number of hydrogen-bond acceptors (Lipinski definition) is 5. The second kappa shape index (κ2) is 9.96. The van der Waals surface area contributed by atoms with Crippen molar-refractivity contribution in [2.24, 2.45) is 10.7 Å². The van der Waals surface area contributed by atoms with Crippen LogP contribution in [0.4, 0.5) is 5.69 Å². The summed E-state index contributed by atoms with van der Waals surface area (Å²) < 4.78 is 7.26. The molecule has 1 amide bonds. The zero-order valence-electron chi connectivity index (χ0n) is 18.8. The molecule has 0 saturated heterocycles. The van der Waals surface area contributed by atoms with Gasteiger partial charge in [-0.2, -0.15) is 0 Å². The summed E-state index contributed by atoms with van der Waals surface area (Å²) in [6, 6.07) is 19.2.